The van der Waals surface area contributed by atoms with Gasteiger partial charge in [-0.05, 0) is 48.0 Å². The van der Waals surface area contributed by atoms with Crippen molar-refractivity contribution in [2.75, 3.05) is 19.8 Å². The summed E-state index contributed by atoms with van der Waals surface area (Å²) in [5.41, 5.74) is 1.33. The van der Waals surface area contributed by atoms with Crippen molar-refractivity contribution in [1.29, 1.82) is 0 Å². The lowest BCUT2D eigenvalue weighted by atomic mass is 10.1. The summed E-state index contributed by atoms with van der Waals surface area (Å²) in [6.45, 7) is 6.63. The minimum atomic E-state index is -4.82. The van der Waals surface area contributed by atoms with Crippen LogP contribution >= 0.6 is 11.3 Å². The number of aromatic nitrogens is 5. The maximum atomic E-state index is 13.7. The van der Waals surface area contributed by atoms with E-state index in [1.165, 1.54) is 22.1 Å². The van der Waals surface area contributed by atoms with Gasteiger partial charge in [-0.1, -0.05) is 24.0 Å². The Labute approximate surface area is 306 Å². The second kappa shape index (κ2) is 17.8. The van der Waals surface area contributed by atoms with Gasteiger partial charge in [0.25, 0.3) is 5.56 Å². The number of pyridine rings is 1. The van der Waals surface area contributed by atoms with Gasteiger partial charge in [0.15, 0.2) is 5.65 Å². The Balaban J connectivity index is 0.00000266. The lowest BCUT2D eigenvalue weighted by molar-refractivity contribution is -0.140. The molecule has 0 atom stereocenters. The number of fused-ring (bicyclic) bond motifs is 3. The molecule has 6 aromatic rings. The fourth-order valence-electron chi connectivity index (χ4n) is 5.38. The molecule has 0 aliphatic carbocycles. The smallest absolute Gasteiger partial charge is 0.419 e. The van der Waals surface area contributed by atoms with Crippen LogP contribution in [0.5, 0.6) is 11.5 Å². The van der Waals surface area contributed by atoms with E-state index in [2.05, 4.69) is 40.4 Å². The maximum Gasteiger partial charge on any atom is 0.419 e. The van der Waals surface area contributed by atoms with Crippen molar-refractivity contribution >= 4 is 32.6 Å². The molecule has 0 amide bonds. The number of nitrogens with one attached hydrogen (secondary N) is 1. The molecule has 0 spiro atoms. The normalized spacial score (nSPS) is 11.2. The highest BCUT2D eigenvalue weighted by molar-refractivity contribution is 7.19. The van der Waals surface area contributed by atoms with Gasteiger partial charge in [0.05, 0.1) is 29.7 Å². The SMILES string of the molecule is C=C.Cn1c2nc(Cc3ccccn3)sc2c2cnn(CC#CCCOc3ccc(OCc4ccc(F)c(C(F)(F)F)c4)c(CNCCO)c3)c(=O)c21. The minimum absolute atomic E-state index is 0.0919. The fraction of sp³-hybridized carbons (Fsp3) is 0.263. The molecule has 15 heteroatoms. The fourth-order valence-corrected chi connectivity index (χ4v) is 6.51. The lowest BCUT2D eigenvalue weighted by Crippen LogP contribution is -2.23. The third-order valence-corrected chi connectivity index (χ3v) is 8.92. The molecular weight excluding hydrogens is 713 g/mol. The van der Waals surface area contributed by atoms with Crippen LogP contribution in [0, 0.1) is 17.7 Å². The lowest BCUT2D eigenvalue weighted by Gasteiger charge is -2.15. The van der Waals surface area contributed by atoms with Gasteiger partial charge in [-0.15, -0.1) is 24.5 Å². The number of aliphatic hydroxyl groups excluding tert-OH is 1. The summed E-state index contributed by atoms with van der Waals surface area (Å²) in [6, 6.07) is 13.5. The number of thiazole rings is 1. The Morgan fingerprint density at radius 3 is 2.66 bits per heavy atom. The molecule has 10 nitrogen and oxygen atoms in total. The van der Waals surface area contributed by atoms with Crippen LogP contribution in [0.15, 0.2) is 84.9 Å². The summed E-state index contributed by atoms with van der Waals surface area (Å²) in [5.74, 6) is 5.52. The molecule has 0 aliphatic rings. The molecule has 0 saturated heterocycles. The first-order chi connectivity index (χ1) is 25.6. The Morgan fingerprint density at radius 1 is 1.08 bits per heavy atom. The standard InChI is InChI=1S/C36H32F4N6O4S.C2H4/c1-45-32-27(33-34(45)44-31(51-33)19-25-7-3-4-12-42-25)21-43-46(35(32)48)14-5-2-6-16-49-26-9-11-30(24(18-26)20-41-13-15-47)50-22-23-8-10-29(37)28(17-23)36(38,39)40;1-2/h3-4,7-12,17-18,21,41,47H,6,13-16,19-20,22H2,1H3;1-2H2. The number of aryl methyl sites for hydroxylation is 1. The van der Waals surface area contributed by atoms with Crippen molar-refractivity contribution in [1.82, 2.24) is 29.6 Å². The number of rotatable bonds is 13. The molecule has 53 heavy (non-hydrogen) atoms. The highest BCUT2D eigenvalue weighted by Gasteiger charge is 2.34. The van der Waals surface area contributed by atoms with Crippen molar-refractivity contribution in [2.24, 2.45) is 7.05 Å². The first-order valence-corrected chi connectivity index (χ1v) is 17.2. The first-order valence-electron chi connectivity index (χ1n) is 16.4. The molecule has 276 valence electrons. The number of alkyl halides is 3. The number of hydrogen-bond acceptors (Lipinski definition) is 9. The maximum absolute atomic E-state index is 13.7. The van der Waals surface area contributed by atoms with Crippen molar-refractivity contribution in [3.63, 3.8) is 0 Å². The zero-order valence-corrected chi connectivity index (χ0v) is 29.6. The zero-order valence-electron chi connectivity index (χ0n) is 28.8. The van der Waals surface area contributed by atoms with E-state index < -0.39 is 17.6 Å². The number of ether oxygens (including phenoxy) is 2. The summed E-state index contributed by atoms with van der Waals surface area (Å²) < 4.78 is 68.7. The molecule has 6 rings (SSSR count). The molecule has 4 aromatic heterocycles. The summed E-state index contributed by atoms with van der Waals surface area (Å²) >= 11 is 1.52. The van der Waals surface area contributed by atoms with Crippen LogP contribution in [0.4, 0.5) is 17.6 Å². The van der Waals surface area contributed by atoms with E-state index in [0.717, 1.165) is 38.6 Å². The quantitative estimate of drug-likeness (QED) is 0.0602. The van der Waals surface area contributed by atoms with Crippen LogP contribution in [-0.2, 0) is 39.3 Å². The largest absolute Gasteiger partial charge is 0.493 e. The number of aliphatic hydroxyl groups is 1. The molecule has 0 fully saturated rings. The average Bonchev–Trinajstić information content (AvgIpc) is 3.68. The van der Waals surface area contributed by atoms with Crippen LogP contribution in [-0.4, -0.2) is 49.2 Å². The van der Waals surface area contributed by atoms with Crippen LogP contribution in [0.2, 0.25) is 0 Å². The Kier molecular flexibility index (Phi) is 13.0. The number of halogens is 4. The number of nitrogens with zero attached hydrogens (tertiary/aromatic N) is 5. The monoisotopic (exact) mass is 748 g/mol. The van der Waals surface area contributed by atoms with Gasteiger partial charge in [-0.25, -0.2) is 14.1 Å². The predicted molar refractivity (Wildman–Crippen MR) is 195 cm³/mol. The third kappa shape index (κ3) is 9.46. The Hall–Kier alpha value is -5.56. The molecule has 2 aromatic carbocycles. The van der Waals surface area contributed by atoms with Gasteiger partial charge < -0.3 is 24.5 Å². The molecule has 0 saturated carbocycles. The molecular formula is C38H36F4N6O4S. The van der Waals surface area contributed by atoms with Gasteiger partial charge in [-0.2, -0.15) is 18.3 Å². The minimum Gasteiger partial charge on any atom is -0.493 e. The van der Waals surface area contributed by atoms with Gasteiger partial charge in [0.2, 0.25) is 0 Å². The molecule has 0 bridgehead atoms. The van der Waals surface area contributed by atoms with Crippen LogP contribution in [0.3, 0.4) is 0 Å². The Bertz CT molecular complexity index is 2290. The molecule has 0 radical (unpaired) electrons. The van der Waals surface area contributed by atoms with E-state index in [1.54, 1.807) is 35.2 Å². The average molecular weight is 749 g/mol. The van der Waals surface area contributed by atoms with Gasteiger partial charge in [0.1, 0.15) is 41.0 Å². The molecule has 0 aliphatic heterocycles. The van der Waals surface area contributed by atoms with E-state index in [0.29, 0.717) is 42.0 Å². The van der Waals surface area contributed by atoms with Crippen molar-refractivity contribution in [3.8, 4) is 23.3 Å². The third-order valence-electron chi connectivity index (χ3n) is 7.84. The second-order valence-electron chi connectivity index (χ2n) is 11.4. The van der Waals surface area contributed by atoms with Crippen LogP contribution in [0.25, 0.3) is 21.3 Å². The molecule has 4 heterocycles. The van der Waals surface area contributed by atoms with Crippen molar-refractivity contribution in [2.45, 2.75) is 38.7 Å². The van der Waals surface area contributed by atoms with E-state index in [-0.39, 0.29) is 44.0 Å². The van der Waals surface area contributed by atoms with Crippen LogP contribution in [0.1, 0.15) is 33.8 Å². The summed E-state index contributed by atoms with van der Waals surface area (Å²) in [6.07, 6.45) is -0.437. The van der Waals surface area contributed by atoms with E-state index in [4.69, 9.17) is 19.6 Å². The van der Waals surface area contributed by atoms with E-state index in [9.17, 15) is 22.4 Å². The van der Waals surface area contributed by atoms with E-state index in [1.807, 2.05) is 25.2 Å². The first kappa shape index (κ1) is 38.7. The summed E-state index contributed by atoms with van der Waals surface area (Å²) in [5, 5.41) is 18.2. The highest BCUT2D eigenvalue weighted by atomic mass is 32.1. The summed E-state index contributed by atoms with van der Waals surface area (Å²) in [7, 11) is 1.81. The number of hydrogen-bond donors (Lipinski definition) is 2. The van der Waals surface area contributed by atoms with Gasteiger partial charge >= 0.3 is 6.18 Å². The van der Waals surface area contributed by atoms with Gasteiger partial charge in [-0.3, -0.25) is 9.78 Å². The van der Waals surface area contributed by atoms with Gasteiger partial charge in [0, 0.05) is 55.8 Å². The number of benzene rings is 2. The molecule has 2 N–H and O–H groups in total. The second-order valence-corrected chi connectivity index (χ2v) is 12.5. The molecule has 0 unspecified atom stereocenters. The van der Waals surface area contributed by atoms with E-state index >= 15 is 0 Å². The zero-order chi connectivity index (χ0) is 38.0. The van der Waals surface area contributed by atoms with Crippen LogP contribution < -0.4 is 20.3 Å². The van der Waals surface area contributed by atoms with Crippen molar-refractivity contribution in [3.05, 3.63) is 124 Å². The Morgan fingerprint density at radius 2 is 1.91 bits per heavy atom. The topological polar surface area (TPSA) is 116 Å². The highest BCUT2D eigenvalue weighted by Crippen LogP contribution is 2.33. The predicted octanol–water partition coefficient (Wildman–Crippen LogP) is 6.42. The summed E-state index contributed by atoms with van der Waals surface area (Å²) in [4.78, 5) is 22.4. The van der Waals surface area contributed by atoms with Crippen molar-refractivity contribution < 1.29 is 32.1 Å².